The Balaban J connectivity index is 2.12. The molecule has 0 saturated heterocycles. The number of rotatable bonds is 4. The van der Waals surface area contributed by atoms with E-state index in [-0.39, 0.29) is 12.4 Å². The predicted molar refractivity (Wildman–Crippen MR) is 57.3 cm³/mol. The smallest absolute Gasteiger partial charge is 0.174 e. The van der Waals surface area contributed by atoms with Gasteiger partial charge >= 0.3 is 0 Å². The first kappa shape index (κ1) is 10.4. The van der Waals surface area contributed by atoms with Crippen molar-refractivity contribution in [2.45, 2.75) is 13.5 Å². The first-order chi connectivity index (χ1) is 7.77. The lowest BCUT2D eigenvalue weighted by atomic mass is 10.1. The third kappa shape index (κ3) is 2.28. The largest absolute Gasteiger partial charge is 0.485 e. The van der Waals surface area contributed by atoms with Crippen molar-refractivity contribution in [1.82, 2.24) is 5.16 Å². The van der Waals surface area contributed by atoms with E-state index in [4.69, 9.17) is 9.26 Å². The molecule has 0 unspecified atom stereocenters. The van der Waals surface area contributed by atoms with Gasteiger partial charge in [-0.2, -0.15) is 0 Å². The van der Waals surface area contributed by atoms with Crippen molar-refractivity contribution in [1.29, 1.82) is 0 Å². The van der Waals surface area contributed by atoms with E-state index in [1.165, 1.54) is 6.92 Å². The van der Waals surface area contributed by atoms with Crippen LogP contribution in [0.2, 0.25) is 0 Å². The fraction of sp³-hybridized carbons (Fsp3) is 0.167. The van der Waals surface area contributed by atoms with Gasteiger partial charge in [0.25, 0.3) is 0 Å². The molecule has 0 saturated carbocycles. The number of hydrogen-bond donors (Lipinski definition) is 0. The monoisotopic (exact) mass is 217 g/mol. The molecule has 0 atom stereocenters. The van der Waals surface area contributed by atoms with Gasteiger partial charge < -0.3 is 9.26 Å². The van der Waals surface area contributed by atoms with E-state index < -0.39 is 0 Å². The maximum Gasteiger partial charge on any atom is 0.174 e. The zero-order valence-electron chi connectivity index (χ0n) is 8.84. The number of carbonyl (C=O) groups is 1. The van der Waals surface area contributed by atoms with E-state index in [0.717, 1.165) is 0 Å². The minimum Gasteiger partial charge on any atom is -0.485 e. The van der Waals surface area contributed by atoms with Crippen LogP contribution < -0.4 is 4.74 Å². The van der Waals surface area contributed by atoms with Crippen LogP contribution in [0, 0.1) is 0 Å². The molecule has 4 nitrogen and oxygen atoms in total. The maximum atomic E-state index is 11.3. The van der Waals surface area contributed by atoms with Crippen LogP contribution in [-0.2, 0) is 6.61 Å². The van der Waals surface area contributed by atoms with Gasteiger partial charge in [-0.3, -0.25) is 4.79 Å². The molecular formula is C12H11NO3. The number of para-hydroxylation sites is 1. The summed E-state index contributed by atoms with van der Waals surface area (Å²) in [6.45, 7) is 1.78. The van der Waals surface area contributed by atoms with Crippen LogP contribution in [0.5, 0.6) is 5.75 Å². The number of hydrogen-bond acceptors (Lipinski definition) is 4. The van der Waals surface area contributed by atoms with E-state index in [1.807, 2.05) is 6.07 Å². The van der Waals surface area contributed by atoms with Crippen LogP contribution in [0.15, 0.2) is 41.1 Å². The molecule has 0 amide bonds. The normalized spacial score (nSPS) is 10.1. The van der Waals surface area contributed by atoms with Crippen LogP contribution >= 0.6 is 0 Å². The number of nitrogens with zero attached hydrogens (tertiary/aromatic N) is 1. The zero-order chi connectivity index (χ0) is 11.4. The molecular weight excluding hydrogens is 206 g/mol. The van der Waals surface area contributed by atoms with Gasteiger partial charge in [0.2, 0.25) is 0 Å². The predicted octanol–water partition coefficient (Wildman–Crippen LogP) is 2.46. The van der Waals surface area contributed by atoms with Gasteiger partial charge in [0.05, 0.1) is 11.8 Å². The third-order valence-corrected chi connectivity index (χ3v) is 2.13. The summed E-state index contributed by atoms with van der Waals surface area (Å²) >= 11 is 0. The average molecular weight is 217 g/mol. The molecule has 82 valence electrons. The summed E-state index contributed by atoms with van der Waals surface area (Å²) in [5.41, 5.74) is 0.571. The van der Waals surface area contributed by atoms with Crippen molar-refractivity contribution in [3.63, 3.8) is 0 Å². The van der Waals surface area contributed by atoms with Crippen molar-refractivity contribution < 1.29 is 14.1 Å². The molecule has 0 N–H and O–H groups in total. The Morgan fingerprint density at radius 3 is 2.88 bits per heavy atom. The summed E-state index contributed by atoms with van der Waals surface area (Å²) in [5, 5.41) is 3.57. The topological polar surface area (TPSA) is 52.3 Å². The minimum absolute atomic E-state index is 0.0202. The standard InChI is InChI=1S/C12H11NO3/c1-9(14)11-4-2-3-5-12(11)15-8-10-6-7-13-16-10/h2-7H,8H2,1H3. The van der Waals surface area contributed by atoms with Gasteiger partial charge in [-0.05, 0) is 19.1 Å². The summed E-state index contributed by atoms with van der Waals surface area (Å²) in [5.74, 6) is 1.16. The second-order valence-corrected chi connectivity index (χ2v) is 3.32. The summed E-state index contributed by atoms with van der Waals surface area (Å²) in [7, 11) is 0. The van der Waals surface area contributed by atoms with Crippen molar-refractivity contribution in [2.24, 2.45) is 0 Å². The van der Waals surface area contributed by atoms with Crippen molar-refractivity contribution >= 4 is 5.78 Å². The lowest BCUT2D eigenvalue weighted by Crippen LogP contribution is -2.00. The van der Waals surface area contributed by atoms with Crippen LogP contribution in [0.1, 0.15) is 23.0 Å². The molecule has 2 rings (SSSR count). The molecule has 1 aromatic carbocycles. The molecule has 4 heteroatoms. The minimum atomic E-state index is -0.0202. The highest BCUT2D eigenvalue weighted by atomic mass is 16.5. The Hall–Kier alpha value is -2.10. The van der Waals surface area contributed by atoms with Gasteiger partial charge in [0.1, 0.15) is 12.4 Å². The van der Waals surface area contributed by atoms with Crippen LogP contribution in [0.4, 0.5) is 0 Å². The fourth-order valence-electron chi connectivity index (χ4n) is 1.35. The molecule has 1 aromatic heterocycles. The Morgan fingerprint density at radius 1 is 1.38 bits per heavy atom. The van der Waals surface area contributed by atoms with Gasteiger partial charge in [-0.15, -0.1) is 0 Å². The molecule has 0 radical (unpaired) electrons. The summed E-state index contributed by atoms with van der Waals surface area (Å²) < 4.78 is 10.4. The highest BCUT2D eigenvalue weighted by Crippen LogP contribution is 2.19. The molecule has 0 bridgehead atoms. The van der Waals surface area contributed by atoms with Crippen LogP contribution in [-0.4, -0.2) is 10.9 Å². The molecule has 0 aliphatic heterocycles. The molecule has 0 aliphatic rings. The van der Waals surface area contributed by atoms with E-state index in [2.05, 4.69) is 5.16 Å². The molecule has 0 spiro atoms. The number of benzene rings is 1. The summed E-state index contributed by atoms with van der Waals surface area (Å²) in [6, 6.07) is 8.84. The zero-order valence-corrected chi connectivity index (χ0v) is 8.84. The lowest BCUT2D eigenvalue weighted by molar-refractivity contribution is 0.101. The van der Waals surface area contributed by atoms with Crippen LogP contribution in [0.3, 0.4) is 0 Å². The Labute approximate surface area is 92.8 Å². The van der Waals surface area contributed by atoms with Crippen molar-refractivity contribution in [3.8, 4) is 5.75 Å². The quantitative estimate of drug-likeness (QED) is 0.738. The number of aromatic nitrogens is 1. The highest BCUT2D eigenvalue weighted by Gasteiger charge is 2.08. The lowest BCUT2D eigenvalue weighted by Gasteiger charge is -2.07. The Kier molecular flexibility index (Phi) is 3.00. The van der Waals surface area contributed by atoms with Gasteiger partial charge in [0.15, 0.2) is 11.5 Å². The SMILES string of the molecule is CC(=O)c1ccccc1OCc1ccno1. The second kappa shape index (κ2) is 4.61. The summed E-state index contributed by atoms with van der Waals surface area (Å²) in [6.07, 6.45) is 1.55. The molecule has 0 aliphatic carbocycles. The Bertz CT molecular complexity index is 477. The van der Waals surface area contributed by atoms with Crippen LogP contribution in [0.25, 0.3) is 0 Å². The number of ketones is 1. The summed E-state index contributed by atoms with van der Waals surface area (Å²) in [4.78, 5) is 11.3. The van der Waals surface area contributed by atoms with Crippen molar-refractivity contribution in [3.05, 3.63) is 47.9 Å². The molecule has 1 heterocycles. The van der Waals surface area contributed by atoms with E-state index >= 15 is 0 Å². The maximum absolute atomic E-state index is 11.3. The second-order valence-electron chi connectivity index (χ2n) is 3.32. The highest BCUT2D eigenvalue weighted by molar-refractivity contribution is 5.96. The molecule has 0 fully saturated rings. The van der Waals surface area contributed by atoms with E-state index in [9.17, 15) is 4.79 Å². The van der Waals surface area contributed by atoms with E-state index in [1.54, 1.807) is 30.5 Å². The van der Waals surface area contributed by atoms with Gasteiger partial charge in [-0.25, -0.2) is 0 Å². The van der Waals surface area contributed by atoms with Gasteiger partial charge in [-0.1, -0.05) is 17.3 Å². The third-order valence-electron chi connectivity index (χ3n) is 2.13. The number of ether oxygens (including phenoxy) is 1. The average Bonchev–Trinajstić information content (AvgIpc) is 2.79. The van der Waals surface area contributed by atoms with Crippen molar-refractivity contribution in [2.75, 3.05) is 0 Å². The molecule has 16 heavy (non-hydrogen) atoms. The first-order valence-corrected chi connectivity index (χ1v) is 4.89. The number of carbonyl (C=O) groups excluding carboxylic acids is 1. The first-order valence-electron chi connectivity index (χ1n) is 4.89. The van der Waals surface area contributed by atoms with Gasteiger partial charge in [0, 0.05) is 6.07 Å². The van der Waals surface area contributed by atoms with E-state index in [0.29, 0.717) is 17.1 Å². The Morgan fingerprint density at radius 2 is 2.19 bits per heavy atom. The number of Topliss-reactive ketones (excluding diaryl/α,β-unsaturated/α-hetero) is 1. The molecule has 2 aromatic rings. The fourth-order valence-corrected chi connectivity index (χ4v) is 1.35.